The molecule has 1 aliphatic carbocycles. The van der Waals surface area contributed by atoms with E-state index >= 15 is 0 Å². The van der Waals surface area contributed by atoms with Gasteiger partial charge in [-0.1, -0.05) is 0 Å². The van der Waals surface area contributed by atoms with Crippen molar-refractivity contribution in [3.8, 4) is 0 Å². The first-order chi connectivity index (χ1) is 17.2. The SMILES string of the molecule is O=C1C(=Cc2ccc(N3c4ccccc4[Si]4(CCCC4)c4ccccc43)[te]2)C(=O)c2ccccc21. The number of benzene rings is 3. The van der Waals surface area contributed by atoms with Crippen molar-refractivity contribution in [2.24, 2.45) is 0 Å². The van der Waals surface area contributed by atoms with Gasteiger partial charge in [0.2, 0.25) is 0 Å². The predicted octanol–water partition coefficient (Wildman–Crippen LogP) is 5.35. The second-order valence-corrected chi connectivity index (χ2v) is 17.0. The summed E-state index contributed by atoms with van der Waals surface area (Å²) >= 11 is -0.767. The van der Waals surface area contributed by atoms with Crippen LogP contribution in [0, 0.1) is 0 Å². The van der Waals surface area contributed by atoms with Crippen molar-refractivity contribution in [3.63, 3.8) is 0 Å². The van der Waals surface area contributed by atoms with Gasteiger partial charge in [-0.15, -0.1) is 0 Å². The molecule has 170 valence electrons. The number of Topliss-reactive ketones (excluding diaryl/α,β-unsaturated/α-hetero) is 2. The van der Waals surface area contributed by atoms with Crippen LogP contribution in [0.1, 0.15) is 37.1 Å². The fourth-order valence-electron chi connectivity index (χ4n) is 6.26. The van der Waals surface area contributed by atoms with E-state index in [-0.39, 0.29) is 11.6 Å². The molecule has 2 aliphatic heterocycles. The van der Waals surface area contributed by atoms with E-state index in [1.54, 1.807) is 22.5 Å². The molecule has 3 heterocycles. The Morgan fingerprint density at radius 2 is 1.23 bits per heavy atom. The van der Waals surface area contributed by atoms with Crippen LogP contribution >= 0.6 is 0 Å². The van der Waals surface area contributed by atoms with Gasteiger partial charge in [0, 0.05) is 0 Å². The second kappa shape index (κ2) is 8.03. The molecule has 3 aromatic carbocycles. The van der Waals surface area contributed by atoms with E-state index in [2.05, 4.69) is 65.6 Å². The minimum absolute atomic E-state index is 0.143. The van der Waals surface area contributed by atoms with Crippen LogP contribution in [0.4, 0.5) is 15.1 Å². The van der Waals surface area contributed by atoms with Crippen LogP contribution in [0.3, 0.4) is 0 Å². The predicted molar refractivity (Wildman–Crippen MR) is 145 cm³/mol. The fraction of sp³-hybridized carbons (Fsp3) is 0.133. The average Bonchev–Trinajstić information content (AvgIpc) is 3.62. The van der Waals surface area contributed by atoms with Crippen molar-refractivity contribution >= 4 is 71.6 Å². The van der Waals surface area contributed by atoms with E-state index in [1.807, 2.05) is 18.2 Å². The summed E-state index contributed by atoms with van der Waals surface area (Å²) in [5.74, 6) is -0.287. The first kappa shape index (κ1) is 21.3. The molecule has 35 heavy (non-hydrogen) atoms. The summed E-state index contributed by atoms with van der Waals surface area (Å²) < 4.78 is 2.45. The Balaban J connectivity index is 1.34. The number of nitrogens with zero attached hydrogens (tertiary/aromatic N) is 1. The number of rotatable bonds is 2. The van der Waals surface area contributed by atoms with Crippen molar-refractivity contribution in [3.05, 3.63) is 105 Å². The van der Waals surface area contributed by atoms with E-state index in [1.165, 1.54) is 40.0 Å². The van der Waals surface area contributed by atoms with Gasteiger partial charge in [0.05, 0.1) is 0 Å². The summed E-state index contributed by atoms with van der Waals surface area (Å²) in [6, 6.07) is 32.3. The van der Waals surface area contributed by atoms with Crippen LogP contribution in [0.2, 0.25) is 12.1 Å². The van der Waals surface area contributed by atoms with Crippen LogP contribution < -0.4 is 15.3 Å². The molecule has 0 bridgehead atoms. The molecule has 0 saturated carbocycles. The third kappa shape index (κ3) is 3.09. The van der Waals surface area contributed by atoms with Crippen molar-refractivity contribution in [2.45, 2.75) is 24.9 Å². The van der Waals surface area contributed by atoms with Gasteiger partial charge in [0.25, 0.3) is 0 Å². The normalized spacial score (nSPS) is 17.5. The number of anilines is 3. The number of carbonyl (C=O) groups excluding carboxylic acids is 2. The van der Waals surface area contributed by atoms with Crippen LogP contribution in [-0.2, 0) is 0 Å². The summed E-state index contributed by atoms with van der Waals surface area (Å²) in [6.45, 7) is 0. The second-order valence-electron chi connectivity index (χ2n) is 9.60. The van der Waals surface area contributed by atoms with Crippen LogP contribution in [0.25, 0.3) is 6.08 Å². The van der Waals surface area contributed by atoms with Crippen LogP contribution in [-0.4, -0.2) is 40.1 Å². The topological polar surface area (TPSA) is 37.4 Å². The Kier molecular flexibility index (Phi) is 4.89. The third-order valence-corrected chi connectivity index (χ3v) is 16.0. The number of para-hydroxylation sites is 2. The number of allylic oxidation sites excluding steroid dienone is 1. The molecular formula is C30H23NO2SiTe. The zero-order valence-electron chi connectivity index (χ0n) is 19.2. The zero-order valence-corrected chi connectivity index (χ0v) is 22.5. The molecule has 3 aliphatic rings. The molecule has 5 heteroatoms. The molecule has 4 aromatic rings. The van der Waals surface area contributed by atoms with Gasteiger partial charge in [0.15, 0.2) is 0 Å². The summed E-state index contributed by atoms with van der Waals surface area (Å²) in [4.78, 5) is 28.3. The number of hydrogen-bond donors (Lipinski definition) is 0. The first-order valence-corrected chi connectivity index (χ1v) is 16.9. The number of carbonyl (C=O) groups is 2. The van der Waals surface area contributed by atoms with Gasteiger partial charge in [-0.05, 0) is 0 Å². The Morgan fingerprint density at radius 1 is 0.686 bits per heavy atom. The summed E-state index contributed by atoms with van der Waals surface area (Å²) in [6.07, 6.45) is 4.52. The fourth-order valence-corrected chi connectivity index (χ4v) is 14.6. The molecule has 1 aromatic heterocycles. The van der Waals surface area contributed by atoms with Crippen LogP contribution in [0.5, 0.6) is 0 Å². The number of fused-ring (bicyclic) bond motifs is 5. The molecule has 0 N–H and O–H groups in total. The standard InChI is InChI=1S/C30H23NO2SiTe/c32-29-21-9-1-2-10-22(21)30(33)23(29)19-20-15-16-28(35-20)31-24-11-3-5-13-26(24)34(17-7-8-18-34)27-14-6-4-12-25(27)31/h1-6,9-16,19H,7-8,17-18H2. The molecule has 1 saturated heterocycles. The molecule has 0 radical (unpaired) electrons. The Morgan fingerprint density at radius 3 is 1.83 bits per heavy atom. The summed E-state index contributed by atoms with van der Waals surface area (Å²) in [5.41, 5.74) is 4.07. The van der Waals surface area contributed by atoms with Gasteiger partial charge >= 0.3 is 216 Å². The molecule has 0 atom stereocenters. The van der Waals surface area contributed by atoms with Gasteiger partial charge in [0.1, 0.15) is 0 Å². The molecule has 0 unspecified atom stereocenters. The number of hydrogen-bond acceptors (Lipinski definition) is 3. The van der Waals surface area contributed by atoms with Gasteiger partial charge in [-0.3, -0.25) is 0 Å². The average molecular weight is 585 g/mol. The monoisotopic (exact) mass is 587 g/mol. The molecule has 0 amide bonds. The Hall–Kier alpha value is -2.97. The molecule has 3 nitrogen and oxygen atoms in total. The quantitative estimate of drug-likeness (QED) is 0.181. The van der Waals surface area contributed by atoms with E-state index in [9.17, 15) is 9.59 Å². The van der Waals surface area contributed by atoms with E-state index in [0.717, 1.165) is 3.58 Å². The minimum atomic E-state index is -1.73. The maximum absolute atomic E-state index is 12.9. The Bertz CT molecular complexity index is 1470. The third-order valence-electron chi connectivity index (χ3n) is 7.80. The molecule has 7 rings (SSSR count). The Labute approximate surface area is 215 Å². The van der Waals surface area contributed by atoms with E-state index in [4.69, 9.17) is 0 Å². The first-order valence-electron chi connectivity index (χ1n) is 12.2. The molecule has 1 spiro atoms. The van der Waals surface area contributed by atoms with Crippen LogP contribution in [0.15, 0.2) is 90.5 Å². The van der Waals surface area contributed by atoms with Gasteiger partial charge < -0.3 is 0 Å². The van der Waals surface area contributed by atoms with Crippen molar-refractivity contribution in [1.29, 1.82) is 0 Å². The van der Waals surface area contributed by atoms with E-state index < -0.39 is 28.5 Å². The van der Waals surface area contributed by atoms with Gasteiger partial charge in [-0.25, -0.2) is 0 Å². The van der Waals surface area contributed by atoms with Crippen molar-refractivity contribution in [1.82, 2.24) is 0 Å². The maximum atomic E-state index is 12.9. The van der Waals surface area contributed by atoms with E-state index in [0.29, 0.717) is 16.7 Å². The van der Waals surface area contributed by atoms with Crippen molar-refractivity contribution < 1.29 is 9.59 Å². The summed E-state index contributed by atoms with van der Waals surface area (Å²) in [5, 5.41) is 3.15. The van der Waals surface area contributed by atoms with Gasteiger partial charge in [-0.2, -0.15) is 0 Å². The van der Waals surface area contributed by atoms with Crippen molar-refractivity contribution in [2.75, 3.05) is 4.90 Å². The molecular weight excluding hydrogens is 562 g/mol. The number of ketones is 2. The zero-order chi connectivity index (χ0) is 23.6. The molecule has 1 fully saturated rings. The summed E-state index contributed by atoms with van der Waals surface area (Å²) in [7, 11) is -1.73.